The lowest BCUT2D eigenvalue weighted by Crippen LogP contribution is -2.50. The number of aromatic amines is 1. The standard InChI is InChI=1S/C19H25N7O/c1-3-6-17-22-15-7-4-5-8-16(15)26(17)14(2)18(27)24-9-11-25(12-10-24)19-20-13-21-23-19/h4-5,7-8,13-14H,3,6,9-12H2,1-2H3,(H,20,21,23)/t14-/m1/s1. The van der Waals surface area contributed by atoms with Crippen LogP contribution in [0.5, 0.6) is 0 Å². The van der Waals surface area contributed by atoms with Crippen molar-refractivity contribution in [2.75, 3.05) is 31.1 Å². The molecular weight excluding hydrogens is 342 g/mol. The highest BCUT2D eigenvalue weighted by Crippen LogP contribution is 2.24. The first-order valence-electron chi connectivity index (χ1n) is 9.54. The normalized spacial score (nSPS) is 16.1. The molecular formula is C19H25N7O. The summed E-state index contributed by atoms with van der Waals surface area (Å²) in [6.45, 7) is 6.98. The molecule has 1 fully saturated rings. The molecule has 8 nitrogen and oxygen atoms in total. The number of piperazine rings is 1. The lowest BCUT2D eigenvalue weighted by Gasteiger charge is -2.36. The molecule has 1 saturated heterocycles. The summed E-state index contributed by atoms with van der Waals surface area (Å²) in [5, 5.41) is 6.79. The van der Waals surface area contributed by atoms with Crippen molar-refractivity contribution in [3.63, 3.8) is 0 Å². The van der Waals surface area contributed by atoms with Crippen molar-refractivity contribution in [1.82, 2.24) is 29.6 Å². The number of fused-ring (bicyclic) bond motifs is 1. The van der Waals surface area contributed by atoms with Crippen LogP contribution < -0.4 is 4.90 Å². The minimum absolute atomic E-state index is 0.146. The monoisotopic (exact) mass is 367 g/mol. The molecule has 0 bridgehead atoms. The van der Waals surface area contributed by atoms with Crippen molar-refractivity contribution >= 4 is 22.9 Å². The van der Waals surface area contributed by atoms with Crippen LogP contribution in [0.4, 0.5) is 5.95 Å². The number of aryl methyl sites for hydroxylation is 1. The fourth-order valence-electron chi connectivity index (χ4n) is 3.79. The number of amides is 1. The number of hydrogen-bond acceptors (Lipinski definition) is 5. The summed E-state index contributed by atoms with van der Waals surface area (Å²) in [4.78, 5) is 26.2. The Balaban J connectivity index is 1.53. The minimum atomic E-state index is -0.268. The van der Waals surface area contributed by atoms with Crippen LogP contribution in [-0.4, -0.2) is 61.7 Å². The topological polar surface area (TPSA) is 82.9 Å². The molecule has 27 heavy (non-hydrogen) atoms. The van der Waals surface area contributed by atoms with E-state index in [-0.39, 0.29) is 11.9 Å². The number of aromatic nitrogens is 5. The van der Waals surface area contributed by atoms with Crippen LogP contribution in [0, 0.1) is 0 Å². The van der Waals surface area contributed by atoms with E-state index in [4.69, 9.17) is 4.98 Å². The van der Waals surface area contributed by atoms with Crippen LogP contribution >= 0.6 is 0 Å². The van der Waals surface area contributed by atoms with E-state index in [9.17, 15) is 4.79 Å². The van der Waals surface area contributed by atoms with Crippen LogP contribution in [0.3, 0.4) is 0 Å². The van der Waals surface area contributed by atoms with Gasteiger partial charge in [0.15, 0.2) is 0 Å². The van der Waals surface area contributed by atoms with Gasteiger partial charge in [0.2, 0.25) is 11.9 Å². The van der Waals surface area contributed by atoms with Crippen LogP contribution in [0.15, 0.2) is 30.6 Å². The molecule has 142 valence electrons. The molecule has 1 N–H and O–H groups in total. The number of nitrogens with one attached hydrogen (secondary N) is 1. The average Bonchev–Trinajstić information content (AvgIpc) is 3.35. The van der Waals surface area contributed by atoms with Gasteiger partial charge in [0.1, 0.15) is 18.2 Å². The zero-order valence-electron chi connectivity index (χ0n) is 15.8. The van der Waals surface area contributed by atoms with Crippen LogP contribution in [0.2, 0.25) is 0 Å². The molecule has 1 atom stereocenters. The predicted octanol–water partition coefficient (Wildman–Crippen LogP) is 2.02. The largest absolute Gasteiger partial charge is 0.338 e. The Morgan fingerprint density at radius 1 is 1.22 bits per heavy atom. The molecule has 2 aromatic heterocycles. The van der Waals surface area contributed by atoms with Gasteiger partial charge < -0.3 is 14.4 Å². The minimum Gasteiger partial charge on any atom is -0.338 e. The Hall–Kier alpha value is -2.90. The van der Waals surface area contributed by atoms with Gasteiger partial charge in [-0.2, -0.15) is 10.1 Å². The zero-order valence-corrected chi connectivity index (χ0v) is 15.8. The van der Waals surface area contributed by atoms with Crippen LogP contribution in [0.25, 0.3) is 11.0 Å². The van der Waals surface area contributed by atoms with E-state index in [0.29, 0.717) is 13.1 Å². The van der Waals surface area contributed by atoms with E-state index in [2.05, 4.69) is 31.6 Å². The zero-order chi connectivity index (χ0) is 18.8. The maximum atomic E-state index is 13.2. The van der Waals surface area contributed by atoms with Crippen molar-refractivity contribution in [3.8, 4) is 0 Å². The number of benzene rings is 1. The van der Waals surface area contributed by atoms with Crippen molar-refractivity contribution in [1.29, 1.82) is 0 Å². The summed E-state index contributed by atoms with van der Waals surface area (Å²) >= 11 is 0. The second kappa shape index (κ2) is 7.38. The summed E-state index contributed by atoms with van der Waals surface area (Å²) in [5.74, 6) is 1.90. The molecule has 3 heterocycles. The third kappa shape index (κ3) is 3.27. The first kappa shape index (κ1) is 17.5. The Kier molecular flexibility index (Phi) is 4.79. The highest BCUT2D eigenvalue weighted by molar-refractivity contribution is 5.84. The molecule has 1 amide bonds. The lowest BCUT2D eigenvalue weighted by atomic mass is 10.2. The van der Waals surface area contributed by atoms with Gasteiger partial charge in [0, 0.05) is 32.6 Å². The number of hydrogen-bond donors (Lipinski definition) is 1. The number of rotatable bonds is 5. The molecule has 8 heteroatoms. The Bertz CT molecular complexity index is 909. The Morgan fingerprint density at radius 3 is 2.70 bits per heavy atom. The lowest BCUT2D eigenvalue weighted by molar-refractivity contribution is -0.134. The molecule has 0 saturated carbocycles. The SMILES string of the molecule is CCCc1nc2ccccc2n1[C@H](C)C(=O)N1CCN(c2ncn[nH]2)CC1. The van der Waals surface area contributed by atoms with E-state index < -0.39 is 0 Å². The van der Waals surface area contributed by atoms with Crippen molar-refractivity contribution in [2.24, 2.45) is 0 Å². The van der Waals surface area contributed by atoms with Crippen LogP contribution in [0.1, 0.15) is 32.1 Å². The summed E-state index contributed by atoms with van der Waals surface area (Å²) in [6, 6.07) is 7.79. The smallest absolute Gasteiger partial charge is 0.245 e. The van der Waals surface area contributed by atoms with Gasteiger partial charge in [-0.15, -0.1) is 0 Å². The van der Waals surface area contributed by atoms with Crippen molar-refractivity contribution < 1.29 is 4.79 Å². The molecule has 1 aromatic carbocycles. The van der Waals surface area contributed by atoms with E-state index in [0.717, 1.165) is 48.7 Å². The first-order valence-corrected chi connectivity index (χ1v) is 9.54. The summed E-state index contributed by atoms with van der Waals surface area (Å²) in [6.07, 6.45) is 3.38. The highest BCUT2D eigenvalue weighted by atomic mass is 16.2. The average molecular weight is 367 g/mol. The number of imidazole rings is 1. The van der Waals surface area contributed by atoms with Gasteiger partial charge in [-0.3, -0.25) is 4.79 Å². The third-order valence-corrected chi connectivity index (χ3v) is 5.18. The number of para-hydroxylation sites is 2. The number of nitrogens with zero attached hydrogens (tertiary/aromatic N) is 6. The van der Waals surface area contributed by atoms with E-state index in [1.54, 1.807) is 0 Å². The summed E-state index contributed by atoms with van der Waals surface area (Å²) in [7, 11) is 0. The Labute approximate surface area is 158 Å². The van der Waals surface area contributed by atoms with Crippen LogP contribution in [-0.2, 0) is 11.2 Å². The molecule has 3 aromatic rings. The quantitative estimate of drug-likeness (QED) is 0.746. The third-order valence-electron chi connectivity index (χ3n) is 5.18. The molecule has 0 unspecified atom stereocenters. The van der Waals surface area contributed by atoms with Crippen molar-refractivity contribution in [2.45, 2.75) is 32.7 Å². The van der Waals surface area contributed by atoms with Crippen molar-refractivity contribution in [3.05, 3.63) is 36.4 Å². The molecule has 1 aliphatic heterocycles. The van der Waals surface area contributed by atoms with Gasteiger partial charge in [0.25, 0.3) is 0 Å². The summed E-state index contributed by atoms with van der Waals surface area (Å²) in [5.41, 5.74) is 1.98. The van der Waals surface area contributed by atoms with Gasteiger partial charge in [-0.05, 0) is 25.5 Å². The predicted molar refractivity (Wildman–Crippen MR) is 104 cm³/mol. The highest BCUT2D eigenvalue weighted by Gasteiger charge is 2.28. The van der Waals surface area contributed by atoms with Gasteiger partial charge in [0.05, 0.1) is 11.0 Å². The molecule has 0 radical (unpaired) electrons. The molecule has 0 aliphatic carbocycles. The number of H-pyrrole nitrogens is 1. The van der Waals surface area contributed by atoms with E-state index >= 15 is 0 Å². The fraction of sp³-hybridized carbons (Fsp3) is 0.474. The summed E-state index contributed by atoms with van der Waals surface area (Å²) < 4.78 is 2.12. The van der Waals surface area contributed by atoms with Gasteiger partial charge in [-0.25, -0.2) is 10.1 Å². The molecule has 1 aliphatic rings. The number of carbonyl (C=O) groups is 1. The fourth-order valence-corrected chi connectivity index (χ4v) is 3.79. The molecule has 0 spiro atoms. The Morgan fingerprint density at radius 2 is 2.00 bits per heavy atom. The maximum Gasteiger partial charge on any atom is 0.245 e. The second-order valence-electron chi connectivity index (χ2n) is 6.93. The van der Waals surface area contributed by atoms with Gasteiger partial charge in [-0.1, -0.05) is 19.1 Å². The maximum absolute atomic E-state index is 13.2. The number of anilines is 1. The first-order chi connectivity index (χ1) is 13.2. The molecule has 4 rings (SSSR count). The number of carbonyl (C=O) groups excluding carboxylic acids is 1. The van der Waals surface area contributed by atoms with E-state index in [1.165, 1.54) is 6.33 Å². The van der Waals surface area contributed by atoms with E-state index in [1.807, 2.05) is 36.1 Å². The van der Waals surface area contributed by atoms with Gasteiger partial charge >= 0.3 is 0 Å². The second-order valence-corrected chi connectivity index (χ2v) is 6.93.